The summed E-state index contributed by atoms with van der Waals surface area (Å²) in [5, 5.41) is 15.1. The fourth-order valence-electron chi connectivity index (χ4n) is 5.91. The van der Waals surface area contributed by atoms with E-state index in [0.717, 1.165) is 80.4 Å². The zero-order valence-electron chi connectivity index (χ0n) is 19.4. The number of aromatic nitrogens is 4. The third kappa shape index (κ3) is 3.80. The molecule has 0 spiro atoms. The zero-order valence-corrected chi connectivity index (χ0v) is 19.4. The fourth-order valence-corrected chi connectivity index (χ4v) is 5.91. The molecule has 0 aliphatic carbocycles. The van der Waals surface area contributed by atoms with Crippen LogP contribution >= 0.6 is 0 Å². The molecule has 6 rings (SSSR count). The molecule has 2 bridgehead atoms. The van der Waals surface area contributed by atoms with E-state index in [4.69, 9.17) is 19.8 Å². The summed E-state index contributed by atoms with van der Waals surface area (Å²) in [5.74, 6) is 3.10. The molecule has 3 fully saturated rings. The molecule has 1 N–H and O–H groups in total. The van der Waals surface area contributed by atoms with Gasteiger partial charge in [0.1, 0.15) is 11.6 Å². The van der Waals surface area contributed by atoms with Gasteiger partial charge in [0.05, 0.1) is 37.1 Å². The number of likely N-dealkylation sites (tertiary alicyclic amines) is 1. The lowest BCUT2D eigenvalue weighted by atomic mass is 9.86. The highest BCUT2D eigenvalue weighted by molar-refractivity contribution is 5.82. The minimum atomic E-state index is 0.237. The van der Waals surface area contributed by atoms with E-state index in [1.54, 1.807) is 0 Å². The highest BCUT2D eigenvalue weighted by Crippen LogP contribution is 2.35. The van der Waals surface area contributed by atoms with Crippen molar-refractivity contribution in [2.75, 3.05) is 44.3 Å². The first-order valence-electron chi connectivity index (χ1n) is 12.1. The summed E-state index contributed by atoms with van der Waals surface area (Å²) < 4.78 is 7.75. The fraction of sp³-hybridized carbons (Fsp3) is 0.560. The molecular formula is C25H32N6O2. The van der Waals surface area contributed by atoms with Crippen LogP contribution in [0.5, 0.6) is 0 Å². The molecule has 0 radical (unpaired) electrons. The van der Waals surface area contributed by atoms with Crippen LogP contribution in [0.15, 0.2) is 24.4 Å². The number of piperidine rings is 1. The Morgan fingerprint density at radius 2 is 1.91 bits per heavy atom. The second-order valence-corrected chi connectivity index (χ2v) is 9.79. The van der Waals surface area contributed by atoms with E-state index >= 15 is 0 Å². The van der Waals surface area contributed by atoms with Crippen molar-refractivity contribution < 1.29 is 9.84 Å². The number of rotatable bonds is 5. The van der Waals surface area contributed by atoms with Gasteiger partial charge in [-0.05, 0) is 75.4 Å². The zero-order chi connectivity index (χ0) is 22.5. The predicted octanol–water partition coefficient (Wildman–Crippen LogP) is 2.58. The average molecular weight is 449 g/mol. The quantitative estimate of drug-likeness (QED) is 0.643. The van der Waals surface area contributed by atoms with E-state index in [1.807, 2.05) is 17.8 Å². The molecule has 2 atom stereocenters. The first-order chi connectivity index (χ1) is 16.1. The Balaban J connectivity index is 1.34. The van der Waals surface area contributed by atoms with Crippen LogP contribution in [0.1, 0.15) is 42.1 Å². The maximum absolute atomic E-state index is 9.25. The van der Waals surface area contributed by atoms with Crippen LogP contribution in [0.4, 0.5) is 5.82 Å². The third-order valence-corrected chi connectivity index (χ3v) is 7.62. The van der Waals surface area contributed by atoms with Gasteiger partial charge in [-0.25, -0.2) is 14.6 Å². The van der Waals surface area contributed by atoms with Gasteiger partial charge in [0.25, 0.3) is 0 Å². The maximum atomic E-state index is 9.25. The molecule has 3 aromatic rings. The summed E-state index contributed by atoms with van der Waals surface area (Å²) in [6, 6.07) is 7.08. The number of aliphatic hydroxyl groups excluding tert-OH is 1. The summed E-state index contributed by atoms with van der Waals surface area (Å²) in [6.07, 6.45) is 5.60. The third-order valence-electron chi connectivity index (χ3n) is 7.62. The van der Waals surface area contributed by atoms with Crippen LogP contribution in [-0.2, 0) is 4.74 Å². The maximum Gasteiger partial charge on any atom is 0.159 e. The highest BCUT2D eigenvalue weighted by Gasteiger charge is 2.39. The number of benzene rings is 1. The van der Waals surface area contributed by atoms with Gasteiger partial charge in [-0.1, -0.05) is 0 Å². The Labute approximate surface area is 194 Å². The molecule has 0 amide bonds. The van der Waals surface area contributed by atoms with Crippen molar-refractivity contribution in [3.05, 3.63) is 41.3 Å². The minimum absolute atomic E-state index is 0.237. The number of ether oxygens (including phenoxy) is 1. The van der Waals surface area contributed by atoms with Crippen LogP contribution in [0, 0.1) is 13.8 Å². The molecule has 3 aliphatic heterocycles. The summed E-state index contributed by atoms with van der Waals surface area (Å²) >= 11 is 0. The lowest BCUT2D eigenvalue weighted by Gasteiger charge is -2.32. The predicted molar refractivity (Wildman–Crippen MR) is 127 cm³/mol. The number of anilines is 1. The van der Waals surface area contributed by atoms with Gasteiger partial charge in [-0.2, -0.15) is 5.10 Å². The topological polar surface area (TPSA) is 79.5 Å². The van der Waals surface area contributed by atoms with Crippen molar-refractivity contribution in [2.45, 2.75) is 51.2 Å². The number of hydrogen-bond donors (Lipinski definition) is 1. The van der Waals surface area contributed by atoms with E-state index in [0.29, 0.717) is 18.1 Å². The molecular weight excluding hydrogens is 416 g/mol. The Morgan fingerprint density at radius 3 is 2.64 bits per heavy atom. The number of aliphatic hydroxyl groups is 1. The van der Waals surface area contributed by atoms with Gasteiger partial charge in [0, 0.05) is 24.5 Å². The number of nitrogens with zero attached hydrogens (tertiary/aromatic N) is 6. The molecule has 0 saturated carbocycles. The first-order valence-corrected chi connectivity index (χ1v) is 12.1. The monoisotopic (exact) mass is 448 g/mol. The molecule has 0 unspecified atom stereocenters. The average Bonchev–Trinajstić information content (AvgIpc) is 3.55. The number of morpholine rings is 1. The number of β-amino-alcohol motifs (C(OH)–C–C–N with tert-alkyl or cyclic N) is 1. The van der Waals surface area contributed by atoms with E-state index in [1.165, 1.54) is 11.1 Å². The summed E-state index contributed by atoms with van der Waals surface area (Å²) in [4.78, 5) is 14.2. The van der Waals surface area contributed by atoms with Crippen molar-refractivity contribution in [1.82, 2.24) is 24.6 Å². The summed E-state index contributed by atoms with van der Waals surface area (Å²) in [5.41, 5.74) is 3.84. The standard InChI is InChI=1S/C25H32N6O2/c1-16-9-19-13-26-31(23(19)11-22(16)18-3-5-29(6-4-18)7-8-32)25-12-24(27-17(2)28-25)30-14-21-10-20(30)15-33-21/h9,11-13,18,20-21,32H,3-8,10,14-15H2,1-2H3/t20-,21-/m0/s1. The molecule has 5 heterocycles. The summed E-state index contributed by atoms with van der Waals surface area (Å²) in [7, 11) is 0. The van der Waals surface area contributed by atoms with Crippen LogP contribution < -0.4 is 4.90 Å². The van der Waals surface area contributed by atoms with Crippen molar-refractivity contribution in [2.24, 2.45) is 0 Å². The second-order valence-electron chi connectivity index (χ2n) is 9.79. The van der Waals surface area contributed by atoms with Crippen molar-refractivity contribution in [1.29, 1.82) is 0 Å². The molecule has 8 nitrogen and oxygen atoms in total. The Kier molecular flexibility index (Phi) is 5.31. The van der Waals surface area contributed by atoms with Gasteiger partial charge >= 0.3 is 0 Å². The molecule has 174 valence electrons. The molecule has 3 aliphatic rings. The lowest BCUT2D eigenvalue weighted by Crippen LogP contribution is -2.37. The molecule has 3 saturated heterocycles. The molecule has 2 aromatic heterocycles. The van der Waals surface area contributed by atoms with Crippen LogP contribution in [0.2, 0.25) is 0 Å². The van der Waals surface area contributed by atoms with E-state index in [9.17, 15) is 5.11 Å². The van der Waals surface area contributed by atoms with E-state index in [-0.39, 0.29) is 6.61 Å². The largest absolute Gasteiger partial charge is 0.395 e. The van der Waals surface area contributed by atoms with E-state index in [2.05, 4.69) is 34.9 Å². The van der Waals surface area contributed by atoms with Crippen LogP contribution in [0.3, 0.4) is 0 Å². The number of fused-ring (bicyclic) bond motifs is 3. The Hall–Kier alpha value is -2.55. The van der Waals surface area contributed by atoms with Gasteiger partial charge in [0.15, 0.2) is 5.82 Å². The lowest BCUT2D eigenvalue weighted by molar-refractivity contribution is 0.0988. The van der Waals surface area contributed by atoms with Gasteiger partial charge in [-0.3, -0.25) is 0 Å². The highest BCUT2D eigenvalue weighted by atomic mass is 16.5. The first kappa shape index (κ1) is 21.0. The van der Waals surface area contributed by atoms with Crippen molar-refractivity contribution in [3.8, 4) is 5.82 Å². The van der Waals surface area contributed by atoms with Gasteiger partial charge in [0.2, 0.25) is 0 Å². The van der Waals surface area contributed by atoms with Gasteiger partial charge in [-0.15, -0.1) is 0 Å². The van der Waals surface area contributed by atoms with Crippen LogP contribution in [0.25, 0.3) is 16.7 Å². The molecule has 33 heavy (non-hydrogen) atoms. The molecule has 1 aromatic carbocycles. The minimum Gasteiger partial charge on any atom is -0.395 e. The number of aryl methyl sites for hydroxylation is 2. The smallest absolute Gasteiger partial charge is 0.159 e. The normalized spacial score (nSPS) is 23.8. The summed E-state index contributed by atoms with van der Waals surface area (Å²) in [6.45, 7) is 8.95. The van der Waals surface area contributed by atoms with Gasteiger partial charge < -0.3 is 19.6 Å². The Bertz CT molecular complexity index is 1170. The van der Waals surface area contributed by atoms with Crippen LogP contribution in [-0.4, -0.2) is 81.3 Å². The molecule has 8 heteroatoms. The van der Waals surface area contributed by atoms with E-state index < -0.39 is 0 Å². The second kappa shape index (κ2) is 8.34. The van der Waals surface area contributed by atoms with Crippen molar-refractivity contribution in [3.63, 3.8) is 0 Å². The Morgan fingerprint density at radius 1 is 1.09 bits per heavy atom. The number of hydrogen-bond acceptors (Lipinski definition) is 7. The van der Waals surface area contributed by atoms with Crippen molar-refractivity contribution >= 4 is 16.7 Å². The SMILES string of the molecule is Cc1nc(N2C[C@@H]3C[C@H]2CO3)cc(-n2ncc3cc(C)c(C4CCN(CCO)CC4)cc32)n1.